The first kappa shape index (κ1) is 26.2. The van der Waals surface area contributed by atoms with Gasteiger partial charge in [0.25, 0.3) is 0 Å². The van der Waals surface area contributed by atoms with E-state index in [4.69, 9.17) is 9.97 Å². The number of hydrogen-bond acceptors (Lipinski definition) is 4. The summed E-state index contributed by atoms with van der Waals surface area (Å²) in [5, 5.41) is 4.55. The van der Waals surface area contributed by atoms with Crippen LogP contribution in [0.2, 0.25) is 0 Å². The molecule has 3 aromatic heterocycles. The standard InChI is InChI=1S/C42H26N4/c1-3-15-34-27(9-1)11-6-17-33(36-20-19-28-10-2-4-16-35(28)39(34)36)29-12-5-13-31(23-29)42-45-25-32(26-46-42)38-24-30-14-7-21-43-40(30)41-37(38)18-8-22-44-41/h1-26H/b11-6+,17-6?,27-11?,33-17+,36-33?,39-34?. The highest BCUT2D eigenvalue weighted by molar-refractivity contribution is 6.10. The Morgan fingerprint density at radius 2 is 1.22 bits per heavy atom. The first-order valence-electron chi connectivity index (χ1n) is 15.4. The Morgan fingerprint density at radius 3 is 2.15 bits per heavy atom. The second-order valence-electron chi connectivity index (χ2n) is 11.5. The summed E-state index contributed by atoms with van der Waals surface area (Å²) < 4.78 is 0. The molecule has 1 aliphatic rings. The summed E-state index contributed by atoms with van der Waals surface area (Å²) in [6, 6.07) is 40.5. The van der Waals surface area contributed by atoms with E-state index in [1.165, 1.54) is 33.0 Å². The van der Waals surface area contributed by atoms with E-state index in [0.29, 0.717) is 5.82 Å². The SMILES string of the molecule is C1=C/c2ccccc2-c2c(ccc3ccccc23)/C(c2cccc(-c3ncc(-c4cc5cccnc5c5ncccc45)cn3)c2)=C/1. The van der Waals surface area contributed by atoms with Gasteiger partial charge in [0, 0.05) is 46.7 Å². The van der Waals surface area contributed by atoms with Crippen molar-refractivity contribution in [2.75, 3.05) is 0 Å². The van der Waals surface area contributed by atoms with Crippen molar-refractivity contribution in [3.8, 4) is 33.6 Å². The molecule has 0 bridgehead atoms. The van der Waals surface area contributed by atoms with Crippen molar-refractivity contribution < 1.29 is 0 Å². The van der Waals surface area contributed by atoms with Gasteiger partial charge in [0.15, 0.2) is 5.82 Å². The van der Waals surface area contributed by atoms with Gasteiger partial charge in [0.1, 0.15) is 0 Å². The molecule has 0 radical (unpaired) electrons. The van der Waals surface area contributed by atoms with Crippen molar-refractivity contribution in [3.63, 3.8) is 0 Å². The zero-order valence-corrected chi connectivity index (χ0v) is 24.8. The number of aromatic nitrogens is 4. The summed E-state index contributed by atoms with van der Waals surface area (Å²) in [5.41, 5.74) is 11.9. The van der Waals surface area contributed by atoms with Crippen LogP contribution in [-0.4, -0.2) is 19.9 Å². The molecule has 214 valence electrons. The van der Waals surface area contributed by atoms with E-state index in [0.717, 1.165) is 49.6 Å². The molecular formula is C42H26N4. The molecule has 9 rings (SSSR count). The van der Waals surface area contributed by atoms with Crippen LogP contribution in [-0.2, 0) is 0 Å². The highest BCUT2D eigenvalue weighted by Crippen LogP contribution is 2.41. The molecule has 0 amide bonds. The molecule has 0 saturated heterocycles. The van der Waals surface area contributed by atoms with Gasteiger partial charge >= 0.3 is 0 Å². The van der Waals surface area contributed by atoms with E-state index < -0.39 is 0 Å². The molecule has 0 unspecified atom stereocenters. The Balaban J connectivity index is 1.15. The maximum atomic E-state index is 4.87. The summed E-state index contributed by atoms with van der Waals surface area (Å²) in [4.78, 5) is 19.0. The number of rotatable bonds is 3. The van der Waals surface area contributed by atoms with Crippen LogP contribution in [0.25, 0.3) is 77.9 Å². The molecule has 8 aromatic rings. The molecule has 0 spiro atoms. The Labute approximate surface area is 266 Å². The van der Waals surface area contributed by atoms with Crippen LogP contribution in [0.15, 0.2) is 152 Å². The molecule has 0 saturated carbocycles. The molecule has 5 aromatic carbocycles. The van der Waals surface area contributed by atoms with Gasteiger partial charge in [0.2, 0.25) is 0 Å². The fourth-order valence-corrected chi connectivity index (χ4v) is 6.70. The number of nitrogens with zero attached hydrogens (tertiary/aromatic N) is 4. The summed E-state index contributed by atoms with van der Waals surface area (Å²) in [6.07, 6.45) is 14.0. The normalized spacial score (nSPS) is 14.2. The van der Waals surface area contributed by atoms with E-state index in [1.54, 1.807) is 0 Å². The van der Waals surface area contributed by atoms with Crippen LogP contribution in [0.4, 0.5) is 0 Å². The molecule has 4 heteroatoms. The summed E-state index contributed by atoms with van der Waals surface area (Å²) in [6.45, 7) is 0. The molecule has 46 heavy (non-hydrogen) atoms. The molecule has 0 N–H and O–H groups in total. The molecule has 3 heterocycles. The van der Waals surface area contributed by atoms with E-state index in [-0.39, 0.29) is 0 Å². The zero-order valence-electron chi connectivity index (χ0n) is 24.8. The van der Waals surface area contributed by atoms with Crippen LogP contribution >= 0.6 is 0 Å². The van der Waals surface area contributed by atoms with Crippen LogP contribution in [0.1, 0.15) is 16.7 Å². The highest BCUT2D eigenvalue weighted by Gasteiger charge is 2.19. The monoisotopic (exact) mass is 586 g/mol. The first-order valence-corrected chi connectivity index (χ1v) is 15.4. The first-order chi connectivity index (χ1) is 22.8. The third-order valence-electron chi connectivity index (χ3n) is 8.84. The molecule has 0 aliphatic heterocycles. The van der Waals surface area contributed by atoms with E-state index >= 15 is 0 Å². The van der Waals surface area contributed by atoms with Crippen molar-refractivity contribution in [3.05, 3.63) is 169 Å². The lowest BCUT2D eigenvalue weighted by molar-refractivity contribution is 1.18. The quantitative estimate of drug-likeness (QED) is 0.193. The number of allylic oxidation sites excluding steroid dienone is 2. The Hall–Kier alpha value is -6.26. The lowest BCUT2D eigenvalue weighted by Gasteiger charge is -2.20. The molecule has 0 fully saturated rings. The highest BCUT2D eigenvalue weighted by atomic mass is 14.9. The second kappa shape index (κ2) is 10.7. The number of benzene rings is 5. The molecule has 4 nitrogen and oxygen atoms in total. The predicted molar refractivity (Wildman–Crippen MR) is 189 cm³/mol. The number of hydrogen-bond donors (Lipinski definition) is 0. The lowest BCUT2D eigenvalue weighted by Crippen LogP contribution is -1.98. The number of pyridine rings is 2. The maximum absolute atomic E-state index is 4.87. The minimum Gasteiger partial charge on any atom is -0.254 e. The van der Waals surface area contributed by atoms with Gasteiger partial charge in [-0.15, -0.1) is 0 Å². The van der Waals surface area contributed by atoms with Crippen molar-refractivity contribution in [2.45, 2.75) is 0 Å². The Bertz CT molecular complexity index is 2530. The fraction of sp³-hybridized carbons (Fsp3) is 0. The number of fused-ring (bicyclic) bond motifs is 8. The van der Waals surface area contributed by atoms with Crippen molar-refractivity contribution in [1.82, 2.24) is 19.9 Å². The lowest BCUT2D eigenvalue weighted by atomic mass is 9.84. The van der Waals surface area contributed by atoms with Crippen molar-refractivity contribution in [1.29, 1.82) is 0 Å². The zero-order chi connectivity index (χ0) is 30.5. The third-order valence-corrected chi connectivity index (χ3v) is 8.84. The summed E-state index contributed by atoms with van der Waals surface area (Å²) in [5.74, 6) is 0.682. The average Bonchev–Trinajstić information content (AvgIpc) is 3.12. The van der Waals surface area contributed by atoms with Crippen molar-refractivity contribution in [2.24, 2.45) is 0 Å². The van der Waals surface area contributed by atoms with E-state index in [2.05, 4.69) is 131 Å². The van der Waals surface area contributed by atoms with Crippen LogP contribution in [0.5, 0.6) is 0 Å². The van der Waals surface area contributed by atoms with Gasteiger partial charge in [-0.3, -0.25) is 9.97 Å². The van der Waals surface area contributed by atoms with Crippen molar-refractivity contribution >= 4 is 44.2 Å². The van der Waals surface area contributed by atoms with Gasteiger partial charge in [-0.2, -0.15) is 0 Å². The van der Waals surface area contributed by atoms with E-state index in [9.17, 15) is 0 Å². The van der Waals surface area contributed by atoms with Gasteiger partial charge in [0.05, 0.1) is 11.0 Å². The van der Waals surface area contributed by atoms with Gasteiger partial charge in [-0.1, -0.05) is 109 Å². The van der Waals surface area contributed by atoms with Gasteiger partial charge in [-0.25, -0.2) is 9.97 Å². The second-order valence-corrected chi connectivity index (χ2v) is 11.5. The largest absolute Gasteiger partial charge is 0.254 e. The minimum absolute atomic E-state index is 0.682. The van der Waals surface area contributed by atoms with E-state index in [1.807, 2.05) is 36.9 Å². The van der Waals surface area contributed by atoms with Gasteiger partial charge < -0.3 is 0 Å². The summed E-state index contributed by atoms with van der Waals surface area (Å²) in [7, 11) is 0. The molecule has 0 atom stereocenters. The summed E-state index contributed by atoms with van der Waals surface area (Å²) >= 11 is 0. The van der Waals surface area contributed by atoms with Crippen LogP contribution in [0, 0.1) is 0 Å². The topological polar surface area (TPSA) is 51.6 Å². The maximum Gasteiger partial charge on any atom is 0.159 e. The average molecular weight is 587 g/mol. The molecule has 1 aliphatic carbocycles. The Kier molecular flexibility index (Phi) is 6.10. The minimum atomic E-state index is 0.682. The van der Waals surface area contributed by atoms with Crippen LogP contribution in [0.3, 0.4) is 0 Å². The predicted octanol–water partition coefficient (Wildman–Crippen LogP) is 10.2. The smallest absolute Gasteiger partial charge is 0.159 e. The fourth-order valence-electron chi connectivity index (χ4n) is 6.70. The molecular weight excluding hydrogens is 560 g/mol. The Morgan fingerprint density at radius 1 is 0.457 bits per heavy atom. The third kappa shape index (κ3) is 4.31. The van der Waals surface area contributed by atoms with Crippen LogP contribution < -0.4 is 0 Å². The van der Waals surface area contributed by atoms with Gasteiger partial charge in [-0.05, 0) is 74.0 Å².